The van der Waals surface area contributed by atoms with Gasteiger partial charge in [0.2, 0.25) is 5.69 Å². The number of benzene rings is 1. The summed E-state index contributed by atoms with van der Waals surface area (Å²) in [6.45, 7) is 0. The third-order valence-corrected chi connectivity index (χ3v) is 2.84. The molecular weight excluding hydrogens is 288 g/mol. The molecule has 20 heavy (non-hydrogen) atoms. The van der Waals surface area contributed by atoms with Crippen LogP contribution in [0, 0.1) is 0 Å². The van der Waals surface area contributed by atoms with Crippen LogP contribution in [-0.2, 0) is 4.74 Å². The van der Waals surface area contributed by atoms with Crippen molar-refractivity contribution >= 4 is 29.4 Å². The van der Waals surface area contributed by atoms with E-state index in [1.807, 2.05) is 0 Å². The molecule has 2 aromatic rings. The number of nitrogen functional groups attached to an aromatic ring is 1. The highest BCUT2D eigenvalue weighted by Crippen LogP contribution is 2.22. The summed E-state index contributed by atoms with van der Waals surface area (Å²) in [6.07, 6.45) is 0. The summed E-state index contributed by atoms with van der Waals surface area (Å²) >= 11 is 5.77. The molecule has 0 amide bonds. The predicted octanol–water partition coefficient (Wildman–Crippen LogP) is 0.988. The van der Waals surface area contributed by atoms with Gasteiger partial charge in [0.1, 0.15) is 0 Å². The first-order chi connectivity index (χ1) is 9.45. The van der Waals surface area contributed by atoms with Crippen molar-refractivity contribution < 1.29 is 19.4 Å². The van der Waals surface area contributed by atoms with Gasteiger partial charge in [-0.15, -0.1) is 5.10 Å². The average Bonchev–Trinajstić information content (AvgIpc) is 2.80. The fourth-order valence-electron chi connectivity index (χ4n) is 1.53. The third kappa shape index (κ3) is 2.28. The molecule has 9 heteroatoms. The van der Waals surface area contributed by atoms with E-state index in [1.54, 1.807) is 0 Å². The zero-order chi connectivity index (χ0) is 14.9. The molecule has 8 nitrogen and oxygen atoms in total. The highest BCUT2D eigenvalue weighted by molar-refractivity contribution is 6.33. The Balaban J connectivity index is 2.53. The fraction of sp³-hybridized carbons (Fsp3) is 0.0909. The first kappa shape index (κ1) is 13.8. The minimum atomic E-state index is -1.19. The molecule has 0 unspecified atom stereocenters. The Bertz CT molecular complexity index is 698. The van der Waals surface area contributed by atoms with Crippen LogP contribution in [-0.4, -0.2) is 39.1 Å². The molecule has 0 spiro atoms. The van der Waals surface area contributed by atoms with E-state index in [9.17, 15) is 9.59 Å². The van der Waals surface area contributed by atoms with Crippen molar-refractivity contribution in [3.05, 3.63) is 34.5 Å². The third-order valence-electron chi connectivity index (χ3n) is 2.51. The maximum Gasteiger partial charge on any atom is 0.362 e. The van der Waals surface area contributed by atoms with Crippen molar-refractivity contribution in [2.24, 2.45) is 0 Å². The largest absolute Gasteiger partial charge is 0.478 e. The molecule has 0 aliphatic rings. The normalized spacial score (nSPS) is 10.3. The number of rotatable bonds is 3. The van der Waals surface area contributed by atoms with Gasteiger partial charge < -0.3 is 15.6 Å². The molecule has 1 aromatic heterocycles. The Labute approximate surface area is 117 Å². The van der Waals surface area contributed by atoms with Crippen LogP contribution >= 0.6 is 11.6 Å². The van der Waals surface area contributed by atoms with Crippen LogP contribution in [0.3, 0.4) is 0 Å². The van der Waals surface area contributed by atoms with E-state index in [4.69, 9.17) is 22.4 Å². The van der Waals surface area contributed by atoms with Gasteiger partial charge >= 0.3 is 11.9 Å². The summed E-state index contributed by atoms with van der Waals surface area (Å²) < 4.78 is 5.62. The van der Waals surface area contributed by atoms with E-state index in [0.717, 1.165) is 4.68 Å². The lowest BCUT2D eigenvalue weighted by Gasteiger charge is -2.05. The molecule has 0 radical (unpaired) electrons. The number of hydrogen-bond acceptors (Lipinski definition) is 6. The van der Waals surface area contributed by atoms with Gasteiger partial charge in [-0.05, 0) is 18.2 Å². The molecule has 3 N–H and O–H groups in total. The number of anilines is 1. The maximum atomic E-state index is 11.4. The number of carbonyl (C=O) groups is 2. The molecule has 0 atom stereocenters. The van der Waals surface area contributed by atoms with E-state index in [0.29, 0.717) is 5.69 Å². The summed E-state index contributed by atoms with van der Waals surface area (Å²) in [5.74, 6) is -1.99. The molecule has 2 rings (SSSR count). The van der Waals surface area contributed by atoms with Crippen LogP contribution in [0.2, 0.25) is 5.02 Å². The molecule has 0 saturated heterocycles. The van der Waals surface area contributed by atoms with Gasteiger partial charge in [0.05, 0.1) is 23.4 Å². The second kappa shape index (κ2) is 5.17. The van der Waals surface area contributed by atoms with Crippen molar-refractivity contribution in [1.82, 2.24) is 15.0 Å². The molecular formula is C11H9ClN4O4. The van der Waals surface area contributed by atoms with Crippen molar-refractivity contribution in [1.29, 1.82) is 0 Å². The van der Waals surface area contributed by atoms with Gasteiger partial charge in [-0.2, -0.15) is 4.68 Å². The Kier molecular flexibility index (Phi) is 3.57. The number of hydrogen-bond donors (Lipinski definition) is 2. The molecule has 1 heterocycles. The molecule has 0 saturated carbocycles. The summed E-state index contributed by atoms with van der Waals surface area (Å²) in [6, 6.07) is 4.16. The van der Waals surface area contributed by atoms with Gasteiger partial charge in [0.25, 0.3) is 0 Å². The van der Waals surface area contributed by atoms with Gasteiger partial charge in [0.15, 0.2) is 5.82 Å². The Hall–Kier alpha value is -2.61. The number of esters is 1. The van der Waals surface area contributed by atoms with E-state index in [2.05, 4.69) is 15.0 Å². The second-order valence-corrected chi connectivity index (χ2v) is 4.10. The monoisotopic (exact) mass is 296 g/mol. The lowest BCUT2D eigenvalue weighted by Crippen LogP contribution is -2.08. The minimum Gasteiger partial charge on any atom is -0.478 e. The SMILES string of the molecule is COC(=O)c1nnn(-c2ccc(Cl)c(C(=O)O)c2)c1N. The summed E-state index contributed by atoms with van der Waals surface area (Å²) in [7, 11) is 1.19. The molecule has 0 fully saturated rings. The number of aromatic nitrogens is 3. The van der Waals surface area contributed by atoms with Crippen molar-refractivity contribution in [3.63, 3.8) is 0 Å². The van der Waals surface area contributed by atoms with Crippen molar-refractivity contribution in [2.75, 3.05) is 12.8 Å². The second-order valence-electron chi connectivity index (χ2n) is 3.70. The summed E-state index contributed by atoms with van der Waals surface area (Å²) in [4.78, 5) is 22.4. The van der Waals surface area contributed by atoms with Crippen molar-refractivity contribution in [2.45, 2.75) is 0 Å². The Morgan fingerprint density at radius 3 is 2.75 bits per heavy atom. The lowest BCUT2D eigenvalue weighted by molar-refractivity contribution is 0.0594. The number of ether oxygens (including phenoxy) is 1. The van der Waals surface area contributed by atoms with E-state index < -0.39 is 11.9 Å². The maximum absolute atomic E-state index is 11.4. The number of carboxylic acid groups (broad SMARTS) is 1. The zero-order valence-electron chi connectivity index (χ0n) is 10.2. The van der Waals surface area contributed by atoms with Crippen LogP contribution < -0.4 is 5.73 Å². The number of halogens is 1. The Morgan fingerprint density at radius 2 is 2.15 bits per heavy atom. The predicted molar refractivity (Wildman–Crippen MR) is 69.1 cm³/mol. The highest BCUT2D eigenvalue weighted by atomic mass is 35.5. The lowest BCUT2D eigenvalue weighted by atomic mass is 10.2. The van der Waals surface area contributed by atoms with Crippen LogP contribution in [0.4, 0.5) is 5.82 Å². The van der Waals surface area contributed by atoms with Gasteiger partial charge in [0, 0.05) is 0 Å². The first-order valence-corrected chi connectivity index (χ1v) is 5.66. The minimum absolute atomic E-state index is 0.0597. The smallest absolute Gasteiger partial charge is 0.362 e. The zero-order valence-corrected chi connectivity index (χ0v) is 11.0. The molecule has 1 aromatic carbocycles. The number of carbonyl (C=O) groups excluding carboxylic acids is 1. The Morgan fingerprint density at radius 1 is 1.45 bits per heavy atom. The number of nitrogens with two attached hydrogens (primary N) is 1. The molecule has 0 bridgehead atoms. The van der Waals surface area contributed by atoms with Gasteiger partial charge in [-0.25, -0.2) is 9.59 Å². The standard InChI is InChI=1S/C11H9ClN4O4/c1-20-11(19)8-9(13)16(15-14-8)5-2-3-7(12)6(4-5)10(17)18/h2-4H,13H2,1H3,(H,17,18). The average molecular weight is 297 g/mol. The number of aromatic carboxylic acids is 1. The number of nitrogens with zero attached hydrogens (tertiary/aromatic N) is 3. The quantitative estimate of drug-likeness (QED) is 0.810. The van der Waals surface area contributed by atoms with Crippen LogP contribution in [0.15, 0.2) is 18.2 Å². The van der Waals surface area contributed by atoms with Crippen molar-refractivity contribution in [3.8, 4) is 5.69 Å². The fourth-order valence-corrected chi connectivity index (χ4v) is 1.73. The van der Waals surface area contributed by atoms with Crippen LogP contribution in [0.25, 0.3) is 5.69 Å². The van der Waals surface area contributed by atoms with Crippen LogP contribution in [0.1, 0.15) is 20.8 Å². The topological polar surface area (TPSA) is 120 Å². The summed E-state index contributed by atoms with van der Waals surface area (Å²) in [5, 5.41) is 16.4. The van der Waals surface area contributed by atoms with Crippen LogP contribution in [0.5, 0.6) is 0 Å². The highest BCUT2D eigenvalue weighted by Gasteiger charge is 2.19. The number of carboxylic acids is 1. The molecule has 104 valence electrons. The van der Waals surface area contributed by atoms with E-state index >= 15 is 0 Å². The number of methoxy groups -OCH3 is 1. The van der Waals surface area contributed by atoms with E-state index in [1.165, 1.54) is 25.3 Å². The van der Waals surface area contributed by atoms with E-state index in [-0.39, 0.29) is 22.1 Å². The molecule has 0 aliphatic carbocycles. The molecule has 0 aliphatic heterocycles. The van der Waals surface area contributed by atoms with Gasteiger partial charge in [-0.3, -0.25) is 0 Å². The first-order valence-electron chi connectivity index (χ1n) is 5.28. The van der Waals surface area contributed by atoms with Gasteiger partial charge in [-0.1, -0.05) is 16.8 Å². The summed E-state index contributed by atoms with van der Waals surface area (Å²) in [5.41, 5.74) is 5.78.